The topological polar surface area (TPSA) is 140 Å². The van der Waals surface area contributed by atoms with Crippen LogP contribution in [0, 0.1) is 0 Å². The molecule has 11 heteroatoms. The van der Waals surface area contributed by atoms with Crippen LogP contribution >= 0.6 is 11.3 Å². The van der Waals surface area contributed by atoms with Crippen LogP contribution in [0.1, 0.15) is 55.9 Å². The number of hydrogen-bond acceptors (Lipinski definition) is 9. The van der Waals surface area contributed by atoms with Gasteiger partial charge in [0.1, 0.15) is 11.5 Å². The van der Waals surface area contributed by atoms with Gasteiger partial charge < -0.3 is 26.4 Å². The van der Waals surface area contributed by atoms with Crippen LogP contribution in [0.15, 0.2) is 17.5 Å². The number of rotatable bonds is 6. The first-order valence-corrected chi connectivity index (χ1v) is 12.4. The number of hydrogen-bond donors (Lipinski definition) is 6. The molecule has 33 heavy (non-hydrogen) atoms. The summed E-state index contributed by atoms with van der Waals surface area (Å²) in [4.78, 5) is 21.9. The summed E-state index contributed by atoms with van der Waals surface area (Å²) in [5.41, 5.74) is 0.676. The van der Waals surface area contributed by atoms with Crippen LogP contribution in [-0.2, 0) is 0 Å². The standard InChI is InChI=1S/C22H30N8O2S/c1-22(32)7-2-13(3-8-22)24-19-18-15(6-11-33-18)26-21(28-19)27-17-12-16(29-30-17)20(31)25-14-4-9-23-10-5-14/h6,11-14,23,32H,2-5,7-10H2,1H3,(H,25,31)(H3,24,26,27,28,29,30). The van der Waals surface area contributed by atoms with Crippen molar-refractivity contribution in [2.24, 2.45) is 0 Å². The molecule has 1 saturated carbocycles. The zero-order valence-electron chi connectivity index (χ0n) is 18.6. The summed E-state index contributed by atoms with van der Waals surface area (Å²) >= 11 is 1.60. The van der Waals surface area contributed by atoms with Gasteiger partial charge in [-0.05, 0) is 70.0 Å². The highest BCUT2D eigenvalue weighted by molar-refractivity contribution is 7.17. The Morgan fingerprint density at radius 3 is 2.76 bits per heavy atom. The lowest BCUT2D eigenvalue weighted by Gasteiger charge is -2.33. The van der Waals surface area contributed by atoms with Gasteiger partial charge in [0.15, 0.2) is 5.82 Å². The molecule has 0 unspecified atom stereocenters. The zero-order valence-corrected chi connectivity index (χ0v) is 19.5. The Bertz CT molecular complexity index is 1110. The molecule has 1 amide bonds. The first-order valence-electron chi connectivity index (χ1n) is 11.5. The molecule has 4 heterocycles. The molecule has 176 valence electrons. The fourth-order valence-corrected chi connectivity index (χ4v) is 5.22. The van der Waals surface area contributed by atoms with Gasteiger partial charge in [0.05, 0.1) is 15.8 Å². The van der Waals surface area contributed by atoms with E-state index in [0.29, 0.717) is 17.5 Å². The van der Waals surface area contributed by atoms with Crippen molar-refractivity contribution >= 4 is 45.0 Å². The number of amides is 1. The smallest absolute Gasteiger partial charge is 0.269 e. The average Bonchev–Trinajstić information content (AvgIpc) is 3.46. The molecule has 1 aliphatic carbocycles. The number of aromatic amines is 1. The van der Waals surface area contributed by atoms with E-state index >= 15 is 0 Å². The summed E-state index contributed by atoms with van der Waals surface area (Å²) in [6.07, 6.45) is 5.17. The second kappa shape index (κ2) is 9.24. The minimum absolute atomic E-state index is 0.160. The normalized spacial score (nSPS) is 24.0. The molecule has 2 aliphatic rings. The molecule has 1 aliphatic heterocycles. The molecule has 0 atom stereocenters. The van der Waals surface area contributed by atoms with Crippen LogP contribution in [0.5, 0.6) is 0 Å². The van der Waals surface area contributed by atoms with E-state index in [-0.39, 0.29) is 18.0 Å². The van der Waals surface area contributed by atoms with E-state index in [1.807, 2.05) is 18.4 Å². The van der Waals surface area contributed by atoms with Crippen molar-refractivity contribution in [1.82, 2.24) is 30.8 Å². The molecule has 2 fully saturated rings. The van der Waals surface area contributed by atoms with Crippen molar-refractivity contribution in [3.05, 3.63) is 23.2 Å². The lowest BCUT2D eigenvalue weighted by molar-refractivity contribution is 0.0196. The molecular weight excluding hydrogens is 440 g/mol. The number of nitrogens with one attached hydrogen (secondary N) is 5. The summed E-state index contributed by atoms with van der Waals surface area (Å²) in [6.45, 7) is 3.73. The highest BCUT2D eigenvalue weighted by Crippen LogP contribution is 2.33. The number of piperidine rings is 1. The molecule has 0 radical (unpaired) electrons. The van der Waals surface area contributed by atoms with Crippen LogP contribution in [-0.4, -0.2) is 62.0 Å². The van der Waals surface area contributed by atoms with E-state index in [4.69, 9.17) is 4.98 Å². The van der Waals surface area contributed by atoms with Crippen LogP contribution in [0.25, 0.3) is 10.2 Å². The third-order valence-electron chi connectivity index (χ3n) is 6.44. The van der Waals surface area contributed by atoms with E-state index in [0.717, 1.165) is 67.6 Å². The number of thiophene rings is 1. The number of aliphatic hydroxyl groups is 1. The number of aromatic nitrogens is 4. The Kier molecular flexibility index (Phi) is 6.17. The van der Waals surface area contributed by atoms with Crippen LogP contribution in [0.2, 0.25) is 0 Å². The number of nitrogens with zero attached hydrogens (tertiary/aromatic N) is 3. The Labute approximate surface area is 196 Å². The monoisotopic (exact) mass is 470 g/mol. The Balaban J connectivity index is 1.28. The molecule has 5 rings (SSSR count). The van der Waals surface area contributed by atoms with Crippen molar-refractivity contribution in [2.45, 2.75) is 63.1 Å². The number of fused-ring (bicyclic) bond motifs is 1. The quantitative estimate of drug-likeness (QED) is 0.323. The summed E-state index contributed by atoms with van der Waals surface area (Å²) in [5, 5.41) is 32.3. The summed E-state index contributed by atoms with van der Waals surface area (Å²) in [7, 11) is 0. The molecule has 3 aromatic rings. The highest BCUT2D eigenvalue weighted by Gasteiger charge is 2.29. The van der Waals surface area contributed by atoms with E-state index in [2.05, 4.69) is 36.4 Å². The number of carbonyl (C=O) groups is 1. The van der Waals surface area contributed by atoms with Gasteiger partial charge in [-0.2, -0.15) is 10.1 Å². The van der Waals surface area contributed by atoms with Gasteiger partial charge >= 0.3 is 0 Å². The van der Waals surface area contributed by atoms with E-state index in [9.17, 15) is 9.90 Å². The van der Waals surface area contributed by atoms with Crippen molar-refractivity contribution < 1.29 is 9.90 Å². The average molecular weight is 471 g/mol. The molecule has 3 aromatic heterocycles. The summed E-state index contributed by atoms with van der Waals surface area (Å²) in [5.74, 6) is 1.53. The van der Waals surface area contributed by atoms with E-state index < -0.39 is 5.60 Å². The Morgan fingerprint density at radius 1 is 1.18 bits per heavy atom. The van der Waals surface area contributed by atoms with Gasteiger partial charge in [0, 0.05) is 18.2 Å². The largest absolute Gasteiger partial charge is 0.390 e. The van der Waals surface area contributed by atoms with Crippen molar-refractivity contribution in [3.8, 4) is 0 Å². The zero-order chi connectivity index (χ0) is 22.8. The highest BCUT2D eigenvalue weighted by atomic mass is 32.1. The number of anilines is 3. The third-order valence-corrected chi connectivity index (χ3v) is 7.35. The van der Waals surface area contributed by atoms with Crippen LogP contribution in [0.3, 0.4) is 0 Å². The van der Waals surface area contributed by atoms with Crippen LogP contribution in [0.4, 0.5) is 17.6 Å². The molecule has 6 N–H and O–H groups in total. The van der Waals surface area contributed by atoms with Crippen LogP contribution < -0.4 is 21.3 Å². The van der Waals surface area contributed by atoms with Gasteiger partial charge in [0.25, 0.3) is 5.91 Å². The second-order valence-corrected chi connectivity index (χ2v) is 10.2. The minimum atomic E-state index is -0.577. The van der Waals surface area contributed by atoms with Gasteiger partial charge in [-0.25, -0.2) is 4.98 Å². The van der Waals surface area contributed by atoms with E-state index in [1.54, 1.807) is 17.4 Å². The Hall–Kier alpha value is -2.76. The summed E-state index contributed by atoms with van der Waals surface area (Å²) < 4.78 is 1.00. The maximum absolute atomic E-state index is 12.6. The van der Waals surface area contributed by atoms with Crippen molar-refractivity contribution in [2.75, 3.05) is 23.7 Å². The number of H-pyrrole nitrogens is 1. The second-order valence-electron chi connectivity index (χ2n) is 9.24. The predicted octanol–water partition coefficient (Wildman–Crippen LogP) is 2.75. The number of carbonyl (C=O) groups excluding carboxylic acids is 1. The predicted molar refractivity (Wildman–Crippen MR) is 129 cm³/mol. The first kappa shape index (κ1) is 22.1. The lowest BCUT2D eigenvalue weighted by Crippen LogP contribution is -2.42. The van der Waals surface area contributed by atoms with Crippen molar-refractivity contribution in [1.29, 1.82) is 0 Å². The summed E-state index contributed by atoms with van der Waals surface area (Å²) in [6, 6.07) is 4.08. The fourth-order valence-electron chi connectivity index (χ4n) is 4.44. The maximum atomic E-state index is 12.6. The molecular formula is C22H30N8O2S. The van der Waals surface area contributed by atoms with Gasteiger partial charge in [-0.15, -0.1) is 11.3 Å². The lowest BCUT2D eigenvalue weighted by atomic mass is 9.84. The molecule has 0 aromatic carbocycles. The first-order chi connectivity index (χ1) is 15.9. The van der Waals surface area contributed by atoms with Gasteiger partial charge in [0.2, 0.25) is 5.95 Å². The molecule has 10 nitrogen and oxygen atoms in total. The van der Waals surface area contributed by atoms with Gasteiger partial charge in [-0.3, -0.25) is 9.89 Å². The van der Waals surface area contributed by atoms with Crippen molar-refractivity contribution in [3.63, 3.8) is 0 Å². The van der Waals surface area contributed by atoms with E-state index in [1.165, 1.54) is 0 Å². The third kappa shape index (κ3) is 5.26. The van der Waals surface area contributed by atoms with Gasteiger partial charge in [-0.1, -0.05) is 0 Å². The maximum Gasteiger partial charge on any atom is 0.269 e. The minimum Gasteiger partial charge on any atom is -0.390 e. The molecule has 0 bridgehead atoms. The fraction of sp³-hybridized carbons (Fsp3) is 0.545. The Morgan fingerprint density at radius 2 is 1.97 bits per heavy atom. The molecule has 1 saturated heterocycles. The molecule has 0 spiro atoms. The SMILES string of the molecule is CC1(O)CCC(Nc2nc(Nc3cc(C(=O)NC4CCNCC4)[nH]n3)nc3ccsc23)CC1.